The molecule has 0 spiro atoms. The van der Waals surface area contributed by atoms with E-state index in [1.54, 1.807) is 39.2 Å². The molecule has 39 heavy (non-hydrogen) atoms. The van der Waals surface area contributed by atoms with E-state index in [0.29, 0.717) is 12.3 Å². The Bertz CT molecular complexity index is 1240. The first kappa shape index (κ1) is 28.1. The third-order valence-corrected chi connectivity index (χ3v) is 6.75. The van der Waals surface area contributed by atoms with E-state index >= 15 is 0 Å². The molecule has 2 heterocycles. The minimum atomic E-state index is -0.889. The van der Waals surface area contributed by atoms with E-state index in [2.05, 4.69) is 10.6 Å². The molecule has 4 rings (SSSR count). The SMILES string of the molecule is CC(C)(C)C(=O)N[C@H](COCc1ccccc1)C(=O)Nc1ccn(C(C(=O)N2CCCC2)c2ccccc2)c1. The van der Waals surface area contributed by atoms with Gasteiger partial charge in [-0.05, 0) is 30.0 Å². The van der Waals surface area contributed by atoms with Gasteiger partial charge in [-0.15, -0.1) is 0 Å². The Morgan fingerprint density at radius 1 is 0.923 bits per heavy atom. The molecule has 2 atom stereocenters. The highest BCUT2D eigenvalue weighted by Crippen LogP contribution is 2.25. The van der Waals surface area contributed by atoms with Crippen molar-refractivity contribution in [2.24, 2.45) is 5.41 Å². The summed E-state index contributed by atoms with van der Waals surface area (Å²) in [6.07, 6.45) is 5.58. The fourth-order valence-electron chi connectivity index (χ4n) is 4.49. The van der Waals surface area contributed by atoms with Crippen LogP contribution in [0.2, 0.25) is 0 Å². The maximum absolute atomic E-state index is 13.5. The molecule has 2 aromatic carbocycles. The maximum Gasteiger partial charge on any atom is 0.250 e. The summed E-state index contributed by atoms with van der Waals surface area (Å²) in [6, 6.07) is 19.7. The molecule has 3 amide bonds. The van der Waals surface area contributed by atoms with Gasteiger partial charge in [0.25, 0.3) is 0 Å². The molecule has 8 nitrogen and oxygen atoms in total. The van der Waals surface area contributed by atoms with Crippen LogP contribution in [0, 0.1) is 5.41 Å². The molecule has 1 aliphatic rings. The van der Waals surface area contributed by atoms with Crippen LogP contribution in [0.25, 0.3) is 0 Å². The fraction of sp³-hybridized carbons (Fsp3) is 0.387. The van der Waals surface area contributed by atoms with Crippen LogP contribution in [0.1, 0.15) is 50.8 Å². The first-order valence-electron chi connectivity index (χ1n) is 13.5. The molecular weight excluding hydrogens is 492 g/mol. The summed E-state index contributed by atoms with van der Waals surface area (Å²) in [5.41, 5.74) is 1.73. The van der Waals surface area contributed by atoms with Crippen LogP contribution in [0.4, 0.5) is 5.69 Å². The summed E-state index contributed by atoms with van der Waals surface area (Å²) in [5.74, 6) is -0.596. The normalized spacial score (nSPS) is 15.0. The van der Waals surface area contributed by atoms with Gasteiger partial charge >= 0.3 is 0 Å². The lowest BCUT2D eigenvalue weighted by Gasteiger charge is -2.25. The van der Waals surface area contributed by atoms with E-state index in [1.807, 2.05) is 70.1 Å². The van der Waals surface area contributed by atoms with Crippen molar-refractivity contribution in [3.63, 3.8) is 0 Å². The Morgan fingerprint density at radius 2 is 1.56 bits per heavy atom. The largest absolute Gasteiger partial charge is 0.374 e. The second kappa shape index (κ2) is 12.8. The van der Waals surface area contributed by atoms with Crippen molar-refractivity contribution >= 4 is 23.4 Å². The van der Waals surface area contributed by atoms with E-state index in [4.69, 9.17) is 4.74 Å². The minimum Gasteiger partial charge on any atom is -0.374 e. The molecule has 1 fully saturated rings. The van der Waals surface area contributed by atoms with Gasteiger partial charge in [0.15, 0.2) is 0 Å². The molecule has 1 aliphatic heterocycles. The van der Waals surface area contributed by atoms with Gasteiger partial charge in [-0.25, -0.2) is 0 Å². The fourth-order valence-corrected chi connectivity index (χ4v) is 4.49. The zero-order chi connectivity index (χ0) is 27.8. The van der Waals surface area contributed by atoms with Crippen LogP contribution in [0.3, 0.4) is 0 Å². The zero-order valence-corrected chi connectivity index (χ0v) is 22.9. The molecular formula is C31H38N4O4. The van der Waals surface area contributed by atoms with Gasteiger partial charge in [-0.1, -0.05) is 81.4 Å². The second-order valence-corrected chi connectivity index (χ2v) is 11.0. The van der Waals surface area contributed by atoms with Gasteiger partial charge in [0.05, 0.1) is 18.9 Å². The number of benzene rings is 2. The smallest absolute Gasteiger partial charge is 0.250 e. The van der Waals surface area contributed by atoms with Crippen molar-refractivity contribution < 1.29 is 19.1 Å². The summed E-state index contributed by atoms with van der Waals surface area (Å²) >= 11 is 0. The maximum atomic E-state index is 13.5. The Kier molecular flexibility index (Phi) is 9.19. The van der Waals surface area contributed by atoms with Gasteiger partial charge in [-0.2, -0.15) is 0 Å². The number of aromatic nitrogens is 1. The van der Waals surface area contributed by atoms with Crippen molar-refractivity contribution in [1.82, 2.24) is 14.8 Å². The highest BCUT2D eigenvalue weighted by atomic mass is 16.5. The third-order valence-electron chi connectivity index (χ3n) is 6.75. The molecule has 0 radical (unpaired) electrons. The molecule has 8 heteroatoms. The summed E-state index contributed by atoms with van der Waals surface area (Å²) < 4.78 is 7.65. The lowest BCUT2D eigenvalue weighted by atomic mass is 9.95. The topological polar surface area (TPSA) is 92.7 Å². The van der Waals surface area contributed by atoms with E-state index in [1.165, 1.54) is 0 Å². The first-order chi connectivity index (χ1) is 18.7. The Labute approximate surface area is 230 Å². The molecule has 1 aromatic heterocycles. The summed E-state index contributed by atoms with van der Waals surface area (Å²) in [5, 5.41) is 5.73. The van der Waals surface area contributed by atoms with Crippen LogP contribution < -0.4 is 10.6 Å². The Hall–Kier alpha value is -3.91. The van der Waals surface area contributed by atoms with E-state index in [0.717, 1.165) is 37.1 Å². The van der Waals surface area contributed by atoms with Crippen molar-refractivity contribution in [3.8, 4) is 0 Å². The van der Waals surface area contributed by atoms with E-state index < -0.39 is 17.5 Å². The highest BCUT2D eigenvalue weighted by Gasteiger charge is 2.30. The van der Waals surface area contributed by atoms with Gasteiger partial charge in [0, 0.05) is 30.9 Å². The number of nitrogens with zero attached hydrogens (tertiary/aromatic N) is 2. The van der Waals surface area contributed by atoms with Crippen molar-refractivity contribution in [2.45, 2.75) is 52.3 Å². The number of carbonyl (C=O) groups is 3. The van der Waals surface area contributed by atoms with Gasteiger partial charge in [-0.3, -0.25) is 14.4 Å². The van der Waals surface area contributed by atoms with Crippen LogP contribution >= 0.6 is 0 Å². The second-order valence-electron chi connectivity index (χ2n) is 11.0. The number of carbonyl (C=O) groups excluding carboxylic acids is 3. The molecule has 1 unspecified atom stereocenters. The highest BCUT2D eigenvalue weighted by molar-refractivity contribution is 5.98. The quantitative estimate of drug-likeness (QED) is 0.407. The number of amides is 3. The predicted octanol–water partition coefficient (Wildman–Crippen LogP) is 4.39. The summed E-state index contributed by atoms with van der Waals surface area (Å²) in [7, 11) is 0. The lowest BCUT2D eigenvalue weighted by molar-refractivity contribution is -0.133. The van der Waals surface area contributed by atoms with Gasteiger partial charge in [0.1, 0.15) is 12.1 Å². The number of anilines is 1. The number of hydrogen-bond acceptors (Lipinski definition) is 4. The number of hydrogen-bond donors (Lipinski definition) is 2. The predicted molar refractivity (Wildman–Crippen MR) is 151 cm³/mol. The van der Waals surface area contributed by atoms with E-state index in [9.17, 15) is 14.4 Å². The first-order valence-corrected chi connectivity index (χ1v) is 13.5. The van der Waals surface area contributed by atoms with E-state index in [-0.39, 0.29) is 24.3 Å². The van der Waals surface area contributed by atoms with Gasteiger partial charge in [0.2, 0.25) is 17.7 Å². The summed E-state index contributed by atoms with van der Waals surface area (Å²) in [4.78, 5) is 41.4. The minimum absolute atomic E-state index is 0.0172. The van der Waals surface area contributed by atoms with Crippen molar-refractivity contribution in [2.75, 3.05) is 25.0 Å². The van der Waals surface area contributed by atoms with Crippen LogP contribution in [-0.4, -0.2) is 52.9 Å². The number of rotatable bonds is 10. The molecule has 206 valence electrons. The van der Waals surface area contributed by atoms with Crippen LogP contribution in [0.15, 0.2) is 79.1 Å². The molecule has 3 aromatic rings. The summed E-state index contributed by atoms with van der Waals surface area (Å²) in [6.45, 7) is 7.24. The molecule has 0 saturated carbocycles. The Morgan fingerprint density at radius 3 is 2.21 bits per heavy atom. The van der Waals surface area contributed by atoms with Crippen LogP contribution in [-0.2, 0) is 25.7 Å². The van der Waals surface area contributed by atoms with Crippen molar-refractivity contribution in [1.29, 1.82) is 0 Å². The lowest BCUT2D eigenvalue weighted by Crippen LogP contribution is -2.50. The van der Waals surface area contributed by atoms with Gasteiger partial charge < -0.3 is 24.8 Å². The average Bonchev–Trinajstić information content (AvgIpc) is 3.62. The molecule has 1 saturated heterocycles. The number of likely N-dealkylation sites (tertiary alicyclic amines) is 1. The standard InChI is InChI=1S/C31H38N4O4/c1-31(2,3)30(38)33-26(22-39-21-23-12-6-4-7-13-23)28(36)32-25-16-19-35(20-25)27(24-14-8-5-9-15-24)29(37)34-17-10-11-18-34/h4-9,12-16,19-20,26-27H,10-11,17-18,21-22H2,1-3H3,(H,32,36)(H,33,38)/t26-,27?/m1/s1. The third kappa shape index (κ3) is 7.57. The molecule has 0 bridgehead atoms. The number of ether oxygens (including phenoxy) is 1. The van der Waals surface area contributed by atoms with Crippen LogP contribution in [0.5, 0.6) is 0 Å². The Balaban J connectivity index is 1.48. The molecule has 0 aliphatic carbocycles. The number of nitrogens with one attached hydrogen (secondary N) is 2. The zero-order valence-electron chi connectivity index (χ0n) is 22.9. The van der Waals surface area contributed by atoms with Crippen molar-refractivity contribution in [3.05, 3.63) is 90.3 Å². The average molecular weight is 531 g/mol. The monoisotopic (exact) mass is 530 g/mol. The molecule has 2 N–H and O–H groups in total.